The maximum absolute atomic E-state index is 13.4. The number of halogens is 1. The lowest BCUT2D eigenvalue weighted by atomic mass is 10.2. The number of aromatic nitrogens is 1. The van der Waals surface area contributed by atoms with E-state index in [2.05, 4.69) is 4.98 Å². The first-order valence-electron chi connectivity index (χ1n) is 9.96. The van der Waals surface area contributed by atoms with E-state index >= 15 is 0 Å². The molecule has 11 heteroatoms. The molecule has 0 saturated heterocycles. The molecule has 33 heavy (non-hydrogen) atoms. The molecule has 3 aromatic rings. The maximum Gasteiger partial charge on any atom is 0.243 e. The summed E-state index contributed by atoms with van der Waals surface area (Å²) < 4.78 is 44.3. The quantitative estimate of drug-likeness (QED) is 0.395. The van der Waals surface area contributed by atoms with E-state index in [1.807, 2.05) is 0 Å². The van der Waals surface area contributed by atoms with Gasteiger partial charge in [-0.2, -0.15) is 4.31 Å². The number of thiazole rings is 1. The topological polar surface area (TPSA) is 98.2 Å². The van der Waals surface area contributed by atoms with E-state index in [-0.39, 0.29) is 37.8 Å². The van der Waals surface area contributed by atoms with Gasteiger partial charge in [0.05, 0.1) is 30.9 Å². The van der Waals surface area contributed by atoms with Gasteiger partial charge in [0.1, 0.15) is 23.1 Å². The molecule has 0 radical (unpaired) electrons. The van der Waals surface area contributed by atoms with Gasteiger partial charge >= 0.3 is 0 Å². The fourth-order valence-electron chi connectivity index (χ4n) is 3.00. The Kier molecular flexibility index (Phi) is 9.07. The van der Waals surface area contributed by atoms with Crippen molar-refractivity contribution in [1.29, 1.82) is 0 Å². The fraction of sp³-hybridized carbons (Fsp3) is 0.318. The van der Waals surface area contributed by atoms with Crippen molar-refractivity contribution >= 4 is 33.0 Å². The fourth-order valence-corrected chi connectivity index (χ4v) is 5.30. The standard InChI is InChI=1S/C22H25ClN2O6S2/c1-29-10-9-25(33(27,28)20-6-4-19(30-2)5-7-20)12-16-11-17(23)3-8-21(16)31-14-22-24-18(13-26)15-32-22/h3-8,11,15,26H,9-10,12-14H2,1-2H3. The lowest BCUT2D eigenvalue weighted by Crippen LogP contribution is -2.33. The summed E-state index contributed by atoms with van der Waals surface area (Å²) in [4.78, 5) is 4.41. The van der Waals surface area contributed by atoms with Crippen LogP contribution in [0.15, 0.2) is 52.7 Å². The zero-order chi connectivity index (χ0) is 23.8. The number of rotatable bonds is 12. The molecule has 1 heterocycles. The average Bonchev–Trinajstić information content (AvgIpc) is 3.29. The minimum atomic E-state index is -3.83. The summed E-state index contributed by atoms with van der Waals surface area (Å²) in [6, 6.07) is 11.3. The molecule has 2 aromatic carbocycles. The molecular weight excluding hydrogens is 488 g/mol. The molecule has 0 spiro atoms. The number of aliphatic hydroxyl groups is 1. The van der Waals surface area contributed by atoms with Crippen LogP contribution in [0.4, 0.5) is 0 Å². The highest BCUT2D eigenvalue weighted by Crippen LogP contribution is 2.28. The van der Waals surface area contributed by atoms with E-state index in [1.165, 1.54) is 42.0 Å². The van der Waals surface area contributed by atoms with E-state index in [0.29, 0.717) is 32.8 Å². The third-order valence-electron chi connectivity index (χ3n) is 4.72. The summed E-state index contributed by atoms with van der Waals surface area (Å²) in [6.45, 7) is 0.439. The smallest absolute Gasteiger partial charge is 0.243 e. The van der Waals surface area contributed by atoms with Crippen molar-refractivity contribution < 1.29 is 27.7 Å². The molecule has 1 N–H and O–H groups in total. The highest BCUT2D eigenvalue weighted by molar-refractivity contribution is 7.89. The van der Waals surface area contributed by atoms with Crippen LogP contribution in [0.5, 0.6) is 11.5 Å². The normalized spacial score (nSPS) is 11.7. The molecule has 0 unspecified atom stereocenters. The van der Waals surface area contributed by atoms with Crippen LogP contribution >= 0.6 is 22.9 Å². The van der Waals surface area contributed by atoms with Crippen LogP contribution in [0.3, 0.4) is 0 Å². The summed E-state index contributed by atoms with van der Waals surface area (Å²) in [7, 11) is -0.798. The predicted molar refractivity (Wildman–Crippen MR) is 126 cm³/mol. The summed E-state index contributed by atoms with van der Waals surface area (Å²) in [6.07, 6.45) is 0. The van der Waals surface area contributed by atoms with Gasteiger partial charge in [0, 0.05) is 36.2 Å². The maximum atomic E-state index is 13.4. The summed E-state index contributed by atoms with van der Waals surface area (Å²) >= 11 is 7.59. The summed E-state index contributed by atoms with van der Waals surface area (Å²) in [5.41, 5.74) is 1.18. The Balaban J connectivity index is 1.86. The molecular formula is C22H25ClN2O6S2. The van der Waals surface area contributed by atoms with Crippen LogP contribution in [0.2, 0.25) is 5.02 Å². The van der Waals surface area contributed by atoms with Gasteiger partial charge in [0.2, 0.25) is 10.0 Å². The van der Waals surface area contributed by atoms with Crippen molar-refractivity contribution in [1.82, 2.24) is 9.29 Å². The minimum Gasteiger partial charge on any atom is -0.497 e. The second-order valence-corrected chi connectivity index (χ2v) is 10.3. The molecule has 0 atom stereocenters. The van der Waals surface area contributed by atoms with Crippen LogP contribution in [0.1, 0.15) is 16.3 Å². The van der Waals surface area contributed by atoms with Crippen molar-refractivity contribution in [3.05, 3.63) is 69.1 Å². The average molecular weight is 513 g/mol. The van der Waals surface area contributed by atoms with Crippen LogP contribution in [0.25, 0.3) is 0 Å². The second kappa shape index (κ2) is 11.8. The molecule has 8 nitrogen and oxygen atoms in total. The Hall–Kier alpha value is -2.21. The van der Waals surface area contributed by atoms with Gasteiger partial charge < -0.3 is 19.3 Å². The first kappa shape index (κ1) is 25.4. The second-order valence-electron chi connectivity index (χ2n) is 6.94. The van der Waals surface area contributed by atoms with Crippen LogP contribution in [-0.2, 0) is 34.5 Å². The zero-order valence-electron chi connectivity index (χ0n) is 18.2. The van der Waals surface area contributed by atoms with Crippen LogP contribution < -0.4 is 9.47 Å². The molecule has 0 aliphatic carbocycles. The lowest BCUT2D eigenvalue weighted by Gasteiger charge is -2.23. The van der Waals surface area contributed by atoms with Gasteiger partial charge in [-0.3, -0.25) is 0 Å². The molecule has 0 fully saturated rings. The molecule has 1 aromatic heterocycles. The highest BCUT2D eigenvalue weighted by Gasteiger charge is 2.26. The number of sulfonamides is 1. The summed E-state index contributed by atoms with van der Waals surface area (Å²) in [5.74, 6) is 1.06. The third kappa shape index (κ3) is 6.66. The SMILES string of the molecule is COCCN(Cc1cc(Cl)ccc1OCc1nc(CO)cs1)S(=O)(=O)c1ccc(OC)cc1. The van der Waals surface area contributed by atoms with E-state index < -0.39 is 10.0 Å². The molecule has 3 rings (SSSR count). The number of hydrogen-bond acceptors (Lipinski definition) is 8. The van der Waals surface area contributed by atoms with Gasteiger partial charge in [0.25, 0.3) is 0 Å². The van der Waals surface area contributed by atoms with Crippen LogP contribution in [-0.4, -0.2) is 50.2 Å². The number of hydrogen-bond donors (Lipinski definition) is 1. The van der Waals surface area contributed by atoms with Crippen molar-refractivity contribution in [2.75, 3.05) is 27.4 Å². The van der Waals surface area contributed by atoms with E-state index in [9.17, 15) is 13.5 Å². The largest absolute Gasteiger partial charge is 0.497 e. The number of methoxy groups -OCH3 is 2. The number of benzene rings is 2. The number of ether oxygens (including phenoxy) is 3. The molecule has 0 saturated carbocycles. The Labute approximate surface area is 202 Å². The van der Waals surface area contributed by atoms with Crippen molar-refractivity contribution in [3.63, 3.8) is 0 Å². The Morgan fingerprint density at radius 3 is 2.55 bits per heavy atom. The third-order valence-corrected chi connectivity index (χ3v) is 7.69. The molecule has 0 aliphatic rings. The lowest BCUT2D eigenvalue weighted by molar-refractivity contribution is 0.177. The van der Waals surface area contributed by atoms with Gasteiger partial charge in [-0.15, -0.1) is 11.3 Å². The summed E-state index contributed by atoms with van der Waals surface area (Å²) in [5, 5.41) is 12.1. The van der Waals surface area contributed by atoms with E-state index in [4.69, 9.17) is 25.8 Å². The van der Waals surface area contributed by atoms with Gasteiger partial charge in [-0.25, -0.2) is 13.4 Å². The monoisotopic (exact) mass is 512 g/mol. The Morgan fingerprint density at radius 1 is 1.15 bits per heavy atom. The van der Waals surface area contributed by atoms with Gasteiger partial charge in [0.15, 0.2) is 0 Å². The number of nitrogens with zero attached hydrogens (tertiary/aromatic N) is 2. The Bertz CT molecular complexity index is 1150. The van der Waals surface area contributed by atoms with E-state index in [0.717, 1.165) is 0 Å². The first-order valence-corrected chi connectivity index (χ1v) is 12.7. The van der Waals surface area contributed by atoms with E-state index in [1.54, 1.807) is 35.7 Å². The molecule has 0 bridgehead atoms. The highest BCUT2D eigenvalue weighted by atomic mass is 35.5. The van der Waals surface area contributed by atoms with Crippen molar-refractivity contribution in [3.8, 4) is 11.5 Å². The molecule has 0 amide bonds. The van der Waals surface area contributed by atoms with Crippen LogP contribution in [0, 0.1) is 0 Å². The van der Waals surface area contributed by atoms with Crippen molar-refractivity contribution in [2.24, 2.45) is 0 Å². The first-order chi connectivity index (χ1) is 15.9. The zero-order valence-corrected chi connectivity index (χ0v) is 20.6. The minimum absolute atomic E-state index is 0.0351. The van der Waals surface area contributed by atoms with Crippen molar-refractivity contribution in [2.45, 2.75) is 24.7 Å². The molecule has 178 valence electrons. The van der Waals surface area contributed by atoms with Gasteiger partial charge in [-0.05, 0) is 42.5 Å². The molecule has 0 aliphatic heterocycles. The predicted octanol–water partition coefficient (Wildman–Crippen LogP) is 3.71. The Morgan fingerprint density at radius 2 is 1.91 bits per heavy atom. The van der Waals surface area contributed by atoms with Gasteiger partial charge in [-0.1, -0.05) is 11.6 Å². The number of aliphatic hydroxyl groups excluding tert-OH is 1.